The molecule has 14 heavy (non-hydrogen) atoms. The molecule has 0 radical (unpaired) electrons. The van der Waals surface area contributed by atoms with Crippen molar-refractivity contribution in [3.8, 4) is 0 Å². The number of anilines is 2. The molecule has 0 aliphatic carbocycles. The van der Waals surface area contributed by atoms with Crippen LogP contribution in [0.1, 0.15) is 18.9 Å². The fraction of sp³-hybridized carbons (Fsp3) is 0.500. The van der Waals surface area contributed by atoms with E-state index in [0.29, 0.717) is 6.04 Å². The summed E-state index contributed by atoms with van der Waals surface area (Å²) in [6, 6.07) is 7.22. The lowest BCUT2D eigenvalue weighted by molar-refractivity contribution is 0.636. The predicted molar refractivity (Wildman–Crippen MR) is 60.1 cm³/mol. The molecule has 0 saturated carbocycles. The van der Waals surface area contributed by atoms with Gasteiger partial charge in [0.2, 0.25) is 0 Å². The molecule has 0 saturated heterocycles. The maximum Gasteiger partial charge on any atom is 0.0635 e. The maximum atomic E-state index is 3.56. The molecule has 2 nitrogen and oxygen atoms in total. The van der Waals surface area contributed by atoms with Crippen molar-refractivity contribution in [1.82, 2.24) is 0 Å². The summed E-state index contributed by atoms with van der Waals surface area (Å²) in [6.45, 7) is 4.64. The summed E-state index contributed by atoms with van der Waals surface area (Å²) in [4.78, 5) is 2.54. The van der Waals surface area contributed by atoms with Gasteiger partial charge in [-0.1, -0.05) is 12.1 Å². The number of rotatable bonds is 0. The van der Waals surface area contributed by atoms with Gasteiger partial charge in [-0.15, -0.1) is 0 Å². The first-order valence-corrected chi connectivity index (χ1v) is 5.48. The first-order chi connectivity index (χ1) is 6.84. The maximum absolute atomic E-state index is 3.56. The molecule has 2 heterocycles. The number of nitrogens with one attached hydrogen (secondary N) is 1. The summed E-state index contributed by atoms with van der Waals surface area (Å²) in [5.74, 6) is 0. The van der Waals surface area contributed by atoms with Crippen molar-refractivity contribution in [2.24, 2.45) is 0 Å². The van der Waals surface area contributed by atoms with E-state index in [2.05, 4.69) is 35.3 Å². The lowest BCUT2D eigenvalue weighted by Crippen LogP contribution is -2.42. The van der Waals surface area contributed by atoms with Gasteiger partial charge in [-0.2, -0.15) is 0 Å². The first-order valence-electron chi connectivity index (χ1n) is 5.48. The lowest BCUT2D eigenvalue weighted by atomic mass is 9.97. The molecule has 1 aromatic rings. The summed E-state index contributed by atoms with van der Waals surface area (Å²) >= 11 is 0. The van der Waals surface area contributed by atoms with Crippen molar-refractivity contribution in [1.29, 1.82) is 0 Å². The number of hydrogen-bond acceptors (Lipinski definition) is 2. The van der Waals surface area contributed by atoms with Crippen LogP contribution >= 0.6 is 0 Å². The van der Waals surface area contributed by atoms with E-state index in [1.54, 1.807) is 0 Å². The average Bonchev–Trinajstić information content (AvgIpc) is 2.18. The molecule has 3 rings (SSSR count). The average molecular weight is 188 g/mol. The summed E-state index contributed by atoms with van der Waals surface area (Å²) in [6.07, 6.45) is 2.55. The molecule has 2 aliphatic rings. The van der Waals surface area contributed by atoms with Crippen LogP contribution in [0.25, 0.3) is 0 Å². The summed E-state index contributed by atoms with van der Waals surface area (Å²) in [7, 11) is 0. The Morgan fingerprint density at radius 1 is 1.43 bits per heavy atom. The van der Waals surface area contributed by atoms with Crippen molar-refractivity contribution >= 4 is 11.4 Å². The number of nitrogens with zero attached hydrogens (tertiary/aromatic N) is 1. The normalized spacial score (nSPS) is 24.1. The van der Waals surface area contributed by atoms with Crippen molar-refractivity contribution in [2.45, 2.75) is 25.8 Å². The summed E-state index contributed by atoms with van der Waals surface area (Å²) in [5, 5.41) is 3.56. The van der Waals surface area contributed by atoms with Gasteiger partial charge in [0.05, 0.1) is 11.4 Å². The van der Waals surface area contributed by atoms with Gasteiger partial charge in [0.15, 0.2) is 0 Å². The highest BCUT2D eigenvalue weighted by molar-refractivity contribution is 5.76. The van der Waals surface area contributed by atoms with Crippen LogP contribution in [-0.4, -0.2) is 19.1 Å². The zero-order valence-electron chi connectivity index (χ0n) is 8.59. The molecule has 2 aliphatic heterocycles. The second-order valence-electron chi connectivity index (χ2n) is 4.41. The van der Waals surface area contributed by atoms with E-state index < -0.39 is 0 Å². The summed E-state index contributed by atoms with van der Waals surface area (Å²) < 4.78 is 0. The molecule has 0 bridgehead atoms. The summed E-state index contributed by atoms with van der Waals surface area (Å²) in [5.41, 5.74) is 4.32. The molecule has 0 spiro atoms. The predicted octanol–water partition coefficient (Wildman–Crippen LogP) is 2.25. The van der Waals surface area contributed by atoms with Gasteiger partial charge >= 0.3 is 0 Å². The Balaban J connectivity index is 2.14. The highest BCUT2D eigenvalue weighted by atomic mass is 15.2. The van der Waals surface area contributed by atoms with Crippen LogP contribution in [0.5, 0.6) is 0 Å². The van der Waals surface area contributed by atoms with Crippen LogP contribution in [0.3, 0.4) is 0 Å². The molecular weight excluding hydrogens is 172 g/mol. The number of para-hydroxylation sites is 1. The van der Waals surface area contributed by atoms with E-state index in [1.165, 1.54) is 36.3 Å². The largest absolute Gasteiger partial charge is 0.379 e. The van der Waals surface area contributed by atoms with Crippen LogP contribution in [0.15, 0.2) is 18.2 Å². The molecule has 1 N–H and O–H groups in total. The lowest BCUT2D eigenvalue weighted by Gasteiger charge is -2.40. The minimum Gasteiger partial charge on any atom is -0.379 e. The Hall–Kier alpha value is -1.18. The molecule has 1 unspecified atom stereocenters. The Kier molecular flexibility index (Phi) is 1.69. The molecule has 1 aromatic carbocycles. The van der Waals surface area contributed by atoms with Crippen LogP contribution in [0, 0.1) is 0 Å². The standard InChI is InChI=1S/C12H16N2/c1-9-8-14-7-3-5-10-4-2-6-11(13-9)12(10)14/h2,4,6,9,13H,3,5,7-8H2,1H3. The fourth-order valence-corrected chi connectivity index (χ4v) is 2.68. The van der Waals surface area contributed by atoms with Gasteiger partial charge in [-0.05, 0) is 31.4 Å². The molecular formula is C12H16N2. The van der Waals surface area contributed by atoms with Gasteiger partial charge in [0, 0.05) is 19.1 Å². The third-order valence-electron chi connectivity index (χ3n) is 3.21. The van der Waals surface area contributed by atoms with Gasteiger partial charge in [0.1, 0.15) is 0 Å². The fourth-order valence-electron chi connectivity index (χ4n) is 2.68. The Morgan fingerprint density at radius 3 is 3.29 bits per heavy atom. The molecule has 2 heteroatoms. The molecule has 0 fully saturated rings. The molecule has 0 amide bonds. The highest BCUT2D eigenvalue weighted by Gasteiger charge is 2.25. The highest BCUT2D eigenvalue weighted by Crippen LogP contribution is 2.37. The van der Waals surface area contributed by atoms with E-state index in [0.717, 1.165) is 6.54 Å². The van der Waals surface area contributed by atoms with E-state index in [4.69, 9.17) is 0 Å². The monoisotopic (exact) mass is 188 g/mol. The Labute approximate surface area is 84.9 Å². The minimum atomic E-state index is 0.579. The number of hydrogen-bond donors (Lipinski definition) is 1. The topological polar surface area (TPSA) is 15.3 Å². The SMILES string of the molecule is CC1CN2CCCc3cccc(c32)N1. The first kappa shape index (κ1) is 8.16. The van der Waals surface area contributed by atoms with E-state index >= 15 is 0 Å². The van der Waals surface area contributed by atoms with Crippen LogP contribution in [0.2, 0.25) is 0 Å². The molecule has 74 valence electrons. The van der Waals surface area contributed by atoms with Crippen LogP contribution in [0.4, 0.5) is 11.4 Å². The minimum absolute atomic E-state index is 0.579. The van der Waals surface area contributed by atoms with Gasteiger partial charge in [-0.25, -0.2) is 0 Å². The van der Waals surface area contributed by atoms with Gasteiger partial charge in [0.25, 0.3) is 0 Å². The Morgan fingerprint density at radius 2 is 2.36 bits per heavy atom. The zero-order chi connectivity index (χ0) is 9.54. The van der Waals surface area contributed by atoms with Crippen LogP contribution < -0.4 is 10.2 Å². The smallest absolute Gasteiger partial charge is 0.0635 e. The van der Waals surface area contributed by atoms with Crippen LogP contribution in [-0.2, 0) is 6.42 Å². The second kappa shape index (κ2) is 2.91. The van der Waals surface area contributed by atoms with Gasteiger partial charge < -0.3 is 10.2 Å². The number of benzene rings is 1. The Bertz CT molecular complexity index is 359. The third kappa shape index (κ3) is 1.10. The van der Waals surface area contributed by atoms with Crippen molar-refractivity contribution < 1.29 is 0 Å². The number of aryl methyl sites for hydroxylation is 1. The third-order valence-corrected chi connectivity index (χ3v) is 3.21. The van der Waals surface area contributed by atoms with E-state index in [9.17, 15) is 0 Å². The van der Waals surface area contributed by atoms with E-state index in [1.807, 2.05) is 0 Å². The quantitative estimate of drug-likeness (QED) is 0.671. The zero-order valence-corrected chi connectivity index (χ0v) is 8.59. The van der Waals surface area contributed by atoms with Crippen molar-refractivity contribution in [3.63, 3.8) is 0 Å². The molecule has 0 aromatic heterocycles. The second-order valence-corrected chi connectivity index (χ2v) is 4.41. The van der Waals surface area contributed by atoms with E-state index in [-0.39, 0.29) is 0 Å². The van der Waals surface area contributed by atoms with Crippen molar-refractivity contribution in [2.75, 3.05) is 23.3 Å². The van der Waals surface area contributed by atoms with Gasteiger partial charge in [-0.3, -0.25) is 0 Å². The molecule has 1 atom stereocenters. The van der Waals surface area contributed by atoms with Crippen molar-refractivity contribution in [3.05, 3.63) is 23.8 Å².